The number of halogens is 1. The van der Waals surface area contributed by atoms with E-state index in [-0.39, 0.29) is 5.91 Å². The third-order valence-corrected chi connectivity index (χ3v) is 7.79. The number of benzene rings is 2. The van der Waals surface area contributed by atoms with Crippen molar-refractivity contribution < 1.29 is 4.79 Å². The first kappa shape index (κ1) is 18.4. The molecule has 1 spiro atoms. The molecule has 1 amide bonds. The highest BCUT2D eigenvalue weighted by Gasteiger charge is 2.48. The van der Waals surface area contributed by atoms with Gasteiger partial charge >= 0.3 is 0 Å². The fourth-order valence-electron chi connectivity index (χ4n) is 5.39. The maximum absolute atomic E-state index is 13.1. The highest BCUT2D eigenvalue weighted by molar-refractivity contribution is 6.36. The number of nitrogens with zero attached hydrogens (tertiary/aromatic N) is 2. The van der Waals surface area contributed by atoms with E-state index < -0.39 is 0 Å². The largest absolute Gasteiger partial charge is 0.349 e. The van der Waals surface area contributed by atoms with Crippen molar-refractivity contribution in [2.45, 2.75) is 63.5 Å². The second-order valence-corrected chi connectivity index (χ2v) is 10.0. The molecule has 1 N–H and O–H groups in total. The molecule has 3 fully saturated rings. The second kappa shape index (κ2) is 6.84. The van der Waals surface area contributed by atoms with Crippen molar-refractivity contribution in [2.75, 3.05) is 0 Å². The van der Waals surface area contributed by atoms with Crippen LogP contribution < -0.4 is 5.32 Å². The standard InChI is InChI=1S/C25H26ClN3O/c26-22-9-8-20(24(30)28-19-12-25(13-19)10-1-11-25)23-21(22)14-27-29(23)15-16-2-4-17(5-3-16)18-6-7-18/h2-5,8-9,14,18-19H,1,6-7,10-13,15H2,(H,28,30). The Morgan fingerprint density at radius 1 is 1.13 bits per heavy atom. The number of amides is 1. The lowest BCUT2D eigenvalue weighted by atomic mass is 9.54. The number of carbonyl (C=O) groups excluding carboxylic acids is 1. The van der Waals surface area contributed by atoms with Crippen LogP contribution in [-0.4, -0.2) is 21.7 Å². The molecule has 0 unspecified atom stereocenters. The number of fused-ring (bicyclic) bond motifs is 1. The topological polar surface area (TPSA) is 46.9 Å². The van der Waals surface area contributed by atoms with Crippen LogP contribution >= 0.6 is 11.6 Å². The predicted molar refractivity (Wildman–Crippen MR) is 119 cm³/mol. The number of hydrogen-bond acceptors (Lipinski definition) is 2. The van der Waals surface area contributed by atoms with E-state index >= 15 is 0 Å². The fraction of sp³-hybridized carbons (Fsp3) is 0.440. The van der Waals surface area contributed by atoms with Gasteiger partial charge in [0.2, 0.25) is 0 Å². The molecule has 1 heterocycles. The van der Waals surface area contributed by atoms with E-state index in [1.165, 1.54) is 43.2 Å². The van der Waals surface area contributed by atoms with Crippen LogP contribution in [0.3, 0.4) is 0 Å². The second-order valence-electron chi connectivity index (χ2n) is 9.61. The summed E-state index contributed by atoms with van der Waals surface area (Å²) in [5, 5.41) is 9.30. The van der Waals surface area contributed by atoms with Gasteiger partial charge in [-0.2, -0.15) is 5.10 Å². The number of rotatable bonds is 5. The average Bonchev–Trinajstić information content (AvgIpc) is 3.45. The predicted octanol–water partition coefficient (Wildman–Crippen LogP) is 5.68. The molecule has 3 aromatic rings. The molecule has 3 saturated carbocycles. The zero-order valence-electron chi connectivity index (χ0n) is 17.0. The summed E-state index contributed by atoms with van der Waals surface area (Å²) in [7, 11) is 0. The van der Waals surface area contributed by atoms with Gasteiger partial charge in [0, 0.05) is 11.4 Å². The Kier molecular flexibility index (Phi) is 4.21. The van der Waals surface area contributed by atoms with Crippen molar-refractivity contribution in [3.05, 3.63) is 64.3 Å². The van der Waals surface area contributed by atoms with Crippen LogP contribution in [0.4, 0.5) is 0 Å². The number of nitrogens with one attached hydrogen (secondary N) is 1. The Labute approximate surface area is 181 Å². The van der Waals surface area contributed by atoms with E-state index in [4.69, 9.17) is 11.6 Å². The van der Waals surface area contributed by atoms with Gasteiger partial charge in [-0.05, 0) is 73.1 Å². The van der Waals surface area contributed by atoms with Crippen molar-refractivity contribution in [2.24, 2.45) is 5.41 Å². The molecule has 5 heteroatoms. The third kappa shape index (κ3) is 3.13. The van der Waals surface area contributed by atoms with Crippen LogP contribution in [0.1, 0.15) is 72.3 Å². The maximum atomic E-state index is 13.1. The zero-order valence-corrected chi connectivity index (χ0v) is 17.8. The molecule has 4 nitrogen and oxygen atoms in total. The van der Waals surface area contributed by atoms with Crippen LogP contribution in [0, 0.1) is 5.41 Å². The van der Waals surface area contributed by atoms with E-state index in [1.807, 2.05) is 16.8 Å². The molecule has 3 aliphatic rings. The fourth-order valence-corrected chi connectivity index (χ4v) is 5.59. The van der Waals surface area contributed by atoms with Gasteiger partial charge in [-0.3, -0.25) is 9.48 Å². The van der Waals surface area contributed by atoms with Crippen molar-refractivity contribution >= 4 is 28.4 Å². The number of aromatic nitrogens is 2. The number of hydrogen-bond donors (Lipinski definition) is 1. The van der Waals surface area contributed by atoms with E-state index in [0.717, 1.165) is 29.7 Å². The summed E-state index contributed by atoms with van der Waals surface area (Å²) in [6, 6.07) is 12.8. The molecule has 1 aromatic heterocycles. The minimum atomic E-state index is -0.0123. The summed E-state index contributed by atoms with van der Waals surface area (Å²) in [5.74, 6) is 0.742. The molecule has 0 atom stereocenters. The summed E-state index contributed by atoms with van der Waals surface area (Å²) < 4.78 is 1.91. The van der Waals surface area contributed by atoms with E-state index in [2.05, 4.69) is 34.7 Å². The normalized spacial score (nSPS) is 20.2. The summed E-state index contributed by atoms with van der Waals surface area (Å²) in [5.41, 5.74) is 4.64. The first-order chi connectivity index (χ1) is 14.6. The molecule has 0 radical (unpaired) electrons. The van der Waals surface area contributed by atoms with Gasteiger partial charge in [-0.15, -0.1) is 0 Å². The van der Waals surface area contributed by atoms with Gasteiger partial charge in [0.05, 0.1) is 28.8 Å². The average molecular weight is 420 g/mol. The molecule has 154 valence electrons. The monoisotopic (exact) mass is 419 g/mol. The molecule has 0 bridgehead atoms. The minimum absolute atomic E-state index is 0.0123. The van der Waals surface area contributed by atoms with E-state index in [9.17, 15) is 4.79 Å². The maximum Gasteiger partial charge on any atom is 0.253 e. The van der Waals surface area contributed by atoms with Crippen molar-refractivity contribution in [3.63, 3.8) is 0 Å². The molecular formula is C25H26ClN3O. The Morgan fingerprint density at radius 3 is 2.57 bits per heavy atom. The van der Waals surface area contributed by atoms with Gasteiger partial charge in [-0.25, -0.2) is 0 Å². The summed E-state index contributed by atoms with van der Waals surface area (Å²) in [4.78, 5) is 13.1. The molecule has 3 aliphatic carbocycles. The number of carbonyl (C=O) groups is 1. The van der Waals surface area contributed by atoms with Crippen LogP contribution in [0.25, 0.3) is 10.9 Å². The van der Waals surface area contributed by atoms with E-state index in [1.54, 1.807) is 6.20 Å². The SMILES string of the molecule is O=C(NC1CC2(CCC2)C1)c1ccc(Cl)c2cnn(Cc3ccc(C4CC4)cc3)c12. The van der Waals surface area contributed by atoms with Crippen LogP contribution in [0.15, 0.2) is 42.6 Å². The Hall–Kier alpha value is -2.33. The first-order valence-electron chi connectivity index (χ1n) is 11.1. The van der Waals surface area contributed by atoms with Gasteiger partial charge in [0.1, 0.15) is 0 Å². The van der Waals surface area contributed by atoms with Gasteiger partial charge < -0.3 is 5.32 Å². The van der Waals surface area contributed by atoms with Crippen molar-refractivity contribution in [3.8, 4) is 0 Å². The van der Waals surface area contributed by atoms with Gasteiger partial charge in [-0.1, -0.05) is 42.3 Å². The van der Waals surface area contributed by atoms with Crippen LogP contribution in [-0.2, 0) is 6.54 Å². The molecule has 0 aliphatic heterocycles. The lowest BCUT2D eigenvalue weighted by molar-refractivity contribution is -0.000603. The van der Waals surface area contributed by atoms with E-state index in [0.29, 0.717) is 28.6 Å². The van der Waals surface area contributed by atoms with Crippen LogP contribution in [0.2, 0.25) is 5.02 Å². The molecule has 0 saturated heterocycles. The quantitative estimate of drug-likeness (QED) is 0.578. The molecule has 30 heavy (non-hydrogen) atoms. The Bertz CT molecular complexity index is 1120. The summed E-state index contributed by atoms with van der Waals surface area (Å²) in [6.07, 6.45) is 10.7. The van der Waals surface area contributed by atoms with Crippen molar-refractivity contribution in [1.82, 2.24) is 15.1 Å². The Balaban J connectivity index is 1.26. The third-order valence-electron chi connectivity index (χ3n) is 7.46. The highest BCUT2D eigenvalue weighted by Crippen LogP contribution is 2.55. The first-order valence-corrected chi connectivity index (χ1v) is 11.5. The summed E-state index contributed by atoms with van der Waals surface area (Å²) >= 11 is 6.44. The molecular weight excluding hydrogens is 394 g/mol. The lowest BCUT2D eigenvalue weighted by Crippen LogP contribution is -2.53. The Morgan fingerprint density at radius 2 is 1.90 bits per heavy atom. The van der Waals surface area contributed by atoms with Gasteiger partial charge in [0.25, 0.3) is 5.91 Å². The smallest absolute Gasteiger partial charge is 0.253 e. The lowest BCUT2D eigenvalue weighted by Gasteiger charge is -2.54. The zero-order chi connectivity index (χ0) is 20.3. The van der Waals surface area contributed by atoms with Crippen LogP contribution in [0.5, 0.6) is 0 Å². The minimum Gasteiger partial charge on any atom is -0.349 e. The molecule has 6 rings (SSSR count). The van der Waals surface area contributed by atoms with Gasteiger partial charge in [0.15, 0.2) is 0 Å². The molecule has 2 aromatic carbocycles. The summed E-state index contributed by atoms with van der Waals surface area (Å²) in [6.45, 7) is 0.627. The van der Waals surface area contributed by atoms with Crippen molar-refractivity contribution in [1.29, 1.82) is 0 Å². The highest BCUT2D eigenvalue weighted by atomic mass is 35.5.